The molecule has 0 saturated carbocycles. The molecule has 0 amide bonds. The first-order valence-corrected chi connectivity index (χ1v) is 15.5. The molecule has 0 aliphatic carbocycles. The van der Waals surface area contributed by atoms with Crippen molar-refractivity contribution < 1.29 is 28.5 Å². The Morgan fingerprint density at radius 1 is 0.792 bits per heavy atom. The predicted octanol–water partition coefficient (Wildman–Crippen LogP) is 6.60. The maximum atomic E-state index is 11.5. The van der Waals surface area contributed by atoms with Crippen LogP contribution in [0.25, 0.3) is 29.0 Å². The van der Waals surface area contributed by atoms with Crippen molar-refractivity contribution in [3.05, 3.63) is 66.3 Å². The fourth-order valence-electron chi connectivity index (χ4n) is 3.92. The molecule has 0 unspecified atom stereocenters. The molecule has 0 radical (unpaired) electrons. The van der Waals surface area contributed by atoms with Gasteiger partial charge in [0.15, 0.2) is 11.6 Å². The first-order chi connectivity index (χ1) is 22.6. The van der Waals surface area contributed by atoms with Gasteiger partial charge < -0.3 is 18.9 Å². The number of nitrogens with zero attached hydrogens (tertiary/aromatic N) is 5. The molecule has 0 aliphatic heterocycles. The van der Waals surface area contributed by atoms with E-state index in [-0.39, 0.29) is 24.4 Å². The van der Waals surface area contributed by atoms with Crippen LogP contribution in [0.4, 0.5) is 0 Å². The van der Waals surface area contributed by atoms with Gasteiger partial charge in [-0.2, -0.15) is 5.10 Å². The first-order valence-electron chi connectivity index (χ1n) is 15.5. The van der Waals surface area contributed by atoms with E-state index < -0.39 is 11.9 Å². The second-order valence-corrected chi connectivity index (χ2v) is 11.7. The minimum Gasteiger partial charge on any atom is -0.491 e. The van der Waals surface area contributed by atoms with Gasteiger partial charge in [0.1, 0.15) is 24.2 Å². The van der Waals surface area contributed by atoms with Crippen molar-refractivity contribution in [1.29, 1.82) is 0 Å². The molecule has 2 aromatic heterocycles. The number of esters is 2. The van der Waals surface area contributed by atoms with Gasteiger partial charge in [0.2, 0.25) is 0 Å². The Kier molecular flexibility index (Phi) is 15.6. The van der Waals surface area contributed by atoms with Crippen molar-refractivity contribution in [3.63, 3.8) is 0 Å². The van der Waals surface area contributed by atoms with Crippen molar-refractivity contribution >= 4 is 18.1 Å². The van der Waals surface area contributed by atoms with E-state index in [0.29, 0.717) is 5.82 Å². The lowest BCUT2D eigenvalue weighted by Gasteiger charge is -2.11. The molecule has 12 heteroatoms. The molecule has 2 aromatic carbocycles. The average Bonchev–Trinajstić information content (AvgIpc) is 3.68. The number of aryl methyl sites for hydroxylation is 2. The molecule has 0 aliphatic rings. The summed E-state index contributed by atoms with van der Waals surface area (Å²) in [5.74, 6) is 3.80. The molecule has 0 spiro atoms. The molecule has 256 valence electrons. The molecular formula is C36H46N6O6. The molecule has 1 N–H and O–H groups in total. The maximum Gasteiger partial charge on any atom is 0.384 e. The van der Waals surface area contributed by atoms with Crippen molar-refractivity contribution in [3.8, 4) is 46.6 Å². The van der Waals surface area contributed by atoms with Crippen LogP contribution in [0, 0.1) is 26.2 Å². The molecule has 0 atom stereocenters. The van der Waals surface area contributed by atoms with Crippen LogP contribution in [-0.2, 0) is 19.1 Å². The molecule has 48 heavy (non-hydrogen) atoms. The Bertz CT molecular complexity index is 1670. The Morgan fingerprint density at radius 2 is 1.35 bits per heavy atom. The lowest BCUT2D eigenvalue weighted by atomic mass is 10.1. The second kappa shape index (κ2) is 19.3. The van der Waals surface area contributed by atoms with Gasteiger partial charge in [-0.3, -0.25) is 5.10 Å². The van der Waals surface area contributed by atoms with Gasteiger partial charge in [0, 0.05) is 29.3 Å². The molecule has 12 nitrogen and oxygen atoms in total. The number of aromatic amines is 1. The number of H-pyrrole nitrogens is 1. The number of ether oxygens (including phenoxy) is 4. The molecular weight excluding hydrogens is 612 g/mol. The number of aromatic nitrogens is 6. The van der Waals surface area contributed by atoms with Crippen molar-refractivity contribution in [2.24, 2.45) is 0 Å². The van der Waals surface area contributed by atoms with E-state index >= 15 is 0 Å². The number of rotatable bonds is 10. The Morgan fingerprint density at radius 3 is 1.83 bits per heavy atom. The number of benzene rings is 2. The zero-order chi connectivity index (χ0) is 35.8. The number of carbonyl (C=O) groups is 2. The topological polar surface area (TPSA) is 143 Å². The highest BCUT2D eigenvalue weighted by Gasteiger charge is 2.09. The standard InChI is InChI=1S/C18H23N3O3.C12H15N3O.C6H8O2/c1-12(2)23-16-9-14(5)8-15(10-16)18-19-11-21(20-18)7-6-17(22)24-13(3)4;1-8(2)16-11-5-9(3)4-10(6-11)12-13-7-14-15-12;1-4-6(7)8-5(2)3/h6-13H,1-5H3;4-8H,1-3H3,(H,13,14,15);1,5H,2-3H3/b7-6-;;. The largest absolute Gasteiger partial charge is 0.491 e. The average molecular weight is 659 g/mol. The minimum atomic E-state index is -0.597. The Hall–Kier alpha value is -5.44. The van der Waals surface area contributed by atoms with Gasteiger partial charge in [-0.15, -0.1) is 11.5 Å². The Labute approximate surface area is 282 Å². The minimum absolute atomic E-state index is 0.0973. The third kappa shape index (κ3) is 14.8. The normalized spacial score (nSPS) is 10.7. The lowest BCUT2D eigenvalue weighted by Crippen LogP contribution is -2.08. The van der Waals surface area contributed by atoms with E-state index in [9.17, 15) is 9.59 Å². The summed E-state index contributed by atoms with van der Waals surface area (Å²) in [5.41, 5.74) is 4.07. The van der Waals surface area contributed by atoms with Crippen LogP contribution in [0.15, 0.2) is 55.1 Å². The highest BCUT2D eigenvalue weighted by molar-refractivity contribution is 5.87. The number of hydrogen-bond acceptors (Lipinski definition) is 10. The quantitative estimate of drug-likeness (QED) is 0.0856. The van der Waals surface area contributed by atoms with Crippen LogP contribution in [0.1, 0.15) is 66.5 Å². The van der Waals surface area contributed by atoms with Gasteiger partial charge in [0.25, 0.3) is 0 Å². The summed E-state index contributed by atoms with van der Waals surface area (Å²) in [6, 6.07) is 11.9. The van der Waals surface area contributed by atoms with Crippen molar-refractivity contribution in [1.82, 2.24) is 29.9 Å². The maximum absolute atomic E-state index is 11.5. The van der Waals surface area contributed by atoms with E-state index in [4.69, 9.17) is 20.6 Å². The van der Waals surface area contributed by atoms with Gasteiger partial charge in [-0.05, 0) is 117 Å². The summed E-state index contributed by atoms with van der Waals surface area (Å²) < 4.78 is 22.4. The summed E-state index contributed by atoms with van der Waals surface area (Å²) in [6.45, 7) is 19.1. The van der Waals surface area contributed by atoms with Gasteiger partial charge in [-0.25, -0.2) is 24.2 Å². The second-order valence-electron chi connectivity index (χ2n) is 11.7. The van der Waals surface area contributed by atoms with Gasteiger partial charge in [0.05, 0.1) is 24.4 Å². The molecule has 4 rings (SSSR count). The smallest absolute Gasteiger partial charge is 0.384 e. The third-order valence-corrected chi connectivity index (χ3v) is 5.48. The summed E-state index contributed by atoms with van der Waals surface area (Å²) in [7, 11) is 0. The SMILES string of the molecule is C#CC(=O)OC(C)C.Cc1cc(OC(C)C)cc(-c2ncn(/C=C\C(=O)OC(C)C)n2)c1.Cc1cc(OC(C)C)cc(-c2ncn[nH]2)c1. The fourth-order valence-corrected chi connectivity index (χ4v) is 3.92. The van der Waals surface area contributed by atoms with Crippen LogP contribution in [0.5, 0.6) is 11.5 Å². The number of nitrogens with one attached hydrogen (secondary N) is 1. The molecule has 0 fully saturated rings. The van der Waals surface area contributed by atoms with Crippen LogP contribution >= 0.6 is 0 Å². The van der Waals surface area contributed by atoms with Crippen LogP contribution in [-0.4, -0.2) is 66.3 Å². The molecule has 0 saturated heterocycles. The fraction of sp³-hybridized carbons (Fsp3) is 0.389. The zero-order valence-corrected chi connectivity index (χ0v) is 29.3. The van der Waals surface area contributed by atoms with E-state index in [2.05, 4.69) is 30.0 Å². The van der Waals surface area contributed by atoms with Gasteiger partial charge in [-0.1, -0.05) is 0 Å². The van der Waals surface area contributed by atoms with Crippen LogP contribution in [0.2, 0.25) is 0 Å². The molecule has 2 heterocycles. The zero-order valence-electron chi connectivity index (χ0n) is 29.3. The predicted molar refractivity (Wildman–Crippen MR) is 185 cm³/mol. The molecule has 0 bridgehead atoms. The summed E-state index contributed by atoms with van der Waals surface area (Å²) in [4.78, 5) is 30.1. The monoisotopic (exact) mass is 658 g/mol. The summed E-state index contributed by atoms with van der Waals surface area (Å²) in [6.07, 6.45) is 10.6. The summed E-state index contributed by atoms with van der Waals surface area (Å²) in [5, 5.41) is 11.0. The van der Waals surface area contributed by atoms with Crippen molar-refractivity contribution in [2.75, 3.05) is 0 Å². The molecule has 4 aromatic rings. The number of hydrogen-bond donors (Lipinski definition) is 1. The first kappa shape index (κ1) is 38.7. The van der Waals surface area contributed by atoms with E-state index in [1.807, 2.05) is 83.9 Å². The lowest BCUT2D eigenvalue weighted by molar-refractivity contribution is -0.141. The van der Waals surface area contributed by atoms with Crippen LogP contribution in [0.3, 0.4) is 0 Å². The van der Waals surface area contributed by atoms with Crippen LogP contribution < -0.4 is 9.47 Å². The highest BCUT2D eigenvalue weighted by atomic mass is 16.5. The van der Waals surface area contributed by atoms with Crippen molar-refractivity contribution in [2.45, 2.75) is 93.7 Å². The van der Waals surface area contributed by atoms with E-state index in [1.165, 1.54) is 23.3 Å². The highest BCUT2D eigenvalue weighted by Crippen LogP contribution is 2.25. The summed E-state index contributed by atoms with van der Waals surface area (Å²) >= 11 is 0. The number of terminal acetylenes is 1. The Balaban J connectivity index is 0.000000285. The van der Waals surface area contributed by atoms with E-state index in [0.717, 1.165) is 39.6 Å². The van der Waals surface area contributed by atoms with Gasteiger partial charge >= 0.3 is 11.9 Å². The van der Waals surface area contributed by atoms with E-state index in [1.54, 1.807) is 34.0 Å². The third-order valence-electron chi connectivity index (χ3n) is 5.48. The number of carbonyl (C=O) groups excluding carboxylic acids is 2.